The highest BCUT2D eigenvalue weighted by Gasteiger charge is 2.26. The number of halogens is 1. The number of nitrogens with zero attached hydrogens (tertiary/aromatic N) is 2. The molecule has 2 heterocycles. The van der Waals surface area contributed by atoms with Crippen molar-refractivity contribution in [2.24, 2.45) is 0 Å². The minimum absolute atomic E-state index is 0.203. The Bertz CT molecular complexity index is 828. The molecule has 2 aromatic rings. The Hall–Kier alpha value is -2.47. The topological polar surface area (TPSA) is 54.3 Å². The predicted molar refractivity (Wildman–Crippen MR) is 98.7 cm³/mol. The van der Waals surface area contributed by atoms with E-state index in [0.29, 0.717) is 24.2 Å². The Balaban J connectivity index is 1.75. The number of carbonyl (C=O) groups is 1. The second kappa shape index (κ2) is 8.27. The molecule has 1 aliphatic rings. The normalized spacial score (nSPS) is 15.8. The summed E-state index contributed by atoms with van der Waals surface area (Å²) in [5.41, 5.74) is 0.717. The van der Waals surface area contributed by atoms with E-state index in [1.165, 1.54) is 16.7 Å². The number of benzene rings is 1. The molecule has 5 nitrogen and oxygen atoms in total. The summed E-state index contributed by atoms with van der Waals surface area (Å²) in [6.45, 7) is 4.51. The number of carbonyl (C=O) groups excluding carboxylic acids is 1. The van der Waals surface area contributed by atoms with Gasteiger partial charge in [0.25, 0.3) is 11.5 Å². The number of aryl methyl sites for hydroxylation is 1. The van der Waals surface area contributed by atoms with Gasteiger partial charge in [-0.1, -0.05) is 18.2 Å². The fourth-order valence-corrected chi connectivity index (χ4v) is 3.44. The molecule has 1 aromatic carbocycles. The highest BCUT2D eigenvalue weighted by atomic mass is 19.1. The van der Waals surface area contributed by atoms with Gasteiger partial charge in [-0.15, -0.1) is 0 Å². The van der Waals surface area contributed by atoms with E-state index in [-0.39, 0.29) is 23.3 Å². The van der Waals surface area contributed by atoms with Crippen molar-refractivity contribution >= 4 is 5.91 Å². The number of rotatable bonds is 6. The lowest BCUT2D eigenvalue weighted by Gasteiger charge is -2.28. The molecule has 26 heavy (non-hydrogen) atoms. The van der Waals surface area contributed by atoms with Crippen molar-refractivity contribution < 1.29 is 9.18 Å². The molecule has 0 saturated carbocycles. The van der Waals surface area contributed by atoms with Crippen LogP contribution >= 0.6 is 0 Å². The summed E-state index contributed by atoms with van der Waals surface area (Å²) in [6, 6.07) is 9.46. The minimum atomic E-state index is -0.314. The smallest absolute Gasteiger partial charge is 0.251 e. The number of hydrogen-bond donors (Lipinski definition) is 1. The fourth-order valence-electron chi connectivity index (χ4n) is 3.44. The van der Waals surface area contributed by atoms with Crippen LogP contribution in [-0.4, -0.2) is 35.0 Å². The quantitative estimate of drug-likeness (QED) is 0.865. The molecule has 1 saturated heterocycles. The van der Waals surface area contributed by atoms with Crippen molar-refractivity contribution in [3.63, 3.8) is 0 Å². The van der Waals surface area contributed by atoms with Crippen LogP contribution in [0.1, 0.15) is 41.7 Å². The third-order valence-electron chi connectivity index (χ3n) is 4.90. The SMILES string of the molecule is CCn1ccc(C(=O)NC[C@@H](c2ccccc2F)N2CCCC2)cc1=O. The molecule has 0 unspecified atom stereocenters. The lowest BCUT2D eigenvalue weighted by atomic mass is 10.0. The van der Waals surface area contributed by atoms with Gasteiger partial charge in [0.1, 0.15) is 5.82 Å². The molecule has 1 aliphatic heterocycles. The molecule has 138 valence electrons. The number of nitrogens with one attached hydrogen (secondary N) is 1. The molecule has 6 heteroatoms. The van der Waals surface area contributed by atoms with E-state index in [2.05, 4.69) is 10.2 Å². The second-order valence-electron chi connectivity index (χ2n) is 6.53. The summed E-state index contributed by atoms with van der Waals surface area (Å²) in [7, 11) is 0. The molecule has 0 bridgehead atoms. The van der Waals surface area contributed by atoms with Crippen molar-refractivity contribution in [2.45, 2.75) is 32.4 Å². The molecular weight excluding hydrogens is 333 g/mol. The Morgan fingerprint density at radius 1 is 1.23 bits per heavy atom. The van der Waals surface area contributed by atoms with Gasteiger partial charge in [0.05, 0.1) is 6.04 Å². The van der Waals surface area contributed by atoms with Crippen molar-refractivity contribution in [3.05, 3.63) is 69.9 Å². The van der Waals surface area contributed by atoms with Crippen LogP contribution in [0.15, 0.2) is 47.4 Å². The average Bonchev–Trinajstić information content (AvgIpc) is 3.17. The largest absolute Gasteiger partial charge is 0.350 e. The predicted octanol–water partition coefficient (Wildman–Crippen LogP) is 2.57. The van der Waals surface area contributed by atoms with E-state index in [9.17, 15) is 14.0 Å². The molecule has 0 aliphatic carbocycles. The second-order valence-corrected chi connectivity index (χ2v) is 6.53. The molecule has 1 amide bonds. The number of aromatic nitrogens is 1. The molecule has 0 spiro atoms. The lowest BCUT2D eigenvalue weighted by Crippen LogP contribution is -2.37. The first-order valence-corrected chi connectivity index (χ1v) is 9.07. The van der Waals surface area contributed by atoms with Crippen LogP contribution in [0.2, 0.25) is 0 Å². The van der Waals surface area contributed by atoms with Crippen LogP contribution in [-0.2, 0) is 6.54 Å². The molecule has 3 rings (SSSR count). The zero-order chi connectivity index (χ0) is 18.5. The summed E-state index contributed by atoms with van der Waals surface area (Å²) in [5.74, 6) is -0.574. The molecule has 1 atom stereocenters. The molecule has 1 aromatic heterocycles. The Kier molecular flexibility index (Phi) is 5.83. The van der Waals surface area contributed by atoms with Gasteiger partial charge in [-0.3, -0.25) is 14.5 Å². The number of pyridine rings is 1. The van der Waals surface area contributed by atoms with Crippen LogP contribution in [0.5, 0.6) is 0 Å². The molecule has 1 fully saturated rings. The van der Waals surface area contributed by atoms with Gasteiger partial charge >= 0.3 is 0 Å². The van der Waals surface area contributed by atoms with E-state index < -0.39 is 0 Å². The molecule has 1 N–H and O–H groups in total. The van der Waals surface area contributed by atoms with E-state index in [4.69, 9.17) is 0 Å². The van der Waals surface area contributed by atoms with Crippen LogP contribution in [0.3, 0.4) is 0 Å². The highest BCUT2D eigenvalue weighted by Crippen LogP contribution is 2.26. The first-order chi connectivity index (χ1) is 12.6. The summed E-state index contributed by atoms with van der Waals surface area (Å²) in [6.07, 6.45) is 3.77. The summed E-state index contributed by atoms with van der Waals surface area (Å²) >= 11 is 0. The van der Waals surface area contributed by atoms with E-state index in [1.54, 1.807) is 24.4 Å². The number of hydrogen-bond acceptors (Lipinski definition) is 3. The number of likely N-dealkylation sites (tertiary alicyclic amines) is 1. The maximum absolute atomic E-state index is 14.3. The van der Waals surface area contributed by atoms with Gasteiger partial charge in [0, 0.05) is 36.5 Å². The standard InChI is InChI=1S/C20H24FN3O2/c1-2-23-12-9-15(13-19(23)25)20(26)22-14-18(24-10-5-6-11-24)16-7-3-4-8-17(16)21/h3-4,7-9,12-13,18H,2,5-6,10-11,14H2,1H3,(H,22,26)/t18-/m0/s1. The summed E-state index contributed by atoms with van der Waals surface area (Å²) in [5, 5.41) is 2.87. The Labute approximate surface area is 152 Å². The van der Waals surface area contributed by atoms with Crippen LogP contribution in [0, 0.1) is 5.82 Å². The number of amides is 1. The average molecular weight is 357 g/mol. The zero-order valence-electron chi connectivity index (χ0n) is 15.0. The van der Waals surface area contributed by atoms with E-state index in [0.717, 1.165) is 25.9 Å². The minimum Gasteiger partial charge on any atom is -0.350 e. The third kappa shape index (κ3) is 4.02. The maximum Gasteiger partial charge on any atom is 0.251 e. The van der Waals surface area contributed by atoms with Gasteiger partial charge in [-0.05, 0) is 45.0 Å². The summed E-state index contributed by atoms with van der Waals surface area (Å²) in [4.78, 5) is 26.6. The first kappa shape index (κ1) is 18.3. The van der Waals surface area contributed by atoms with Gasteiger partial charge in [0.15, 0.2) is 0 Å². The van der Waals surface area contributed by atoms with Crippen molar-refractivity contribution in [1.29, 1.82) is 0 Å². The fraction of sp³-hybridized carbons (Fsp3) is 0.400. The van der Waals surface area contributed by atoms with Gasteiger partial charge in [-0.25, -0.2) is 4.39 Å². The highest BCUT2D eigenvalue weighted by molar-refractivity contribution is 5.94. The van der Waals surface area contributed by atoms with Gasteiger partial charge in [-0.2, -0.15) is 0 Å². The Morgan fingerprint density at radius 2 is 1.96 bits per heavy atom. The Morgan fingerprint density at radius 3 is 2.62 bits per heavy atom. The maximum atomic E-state index is 14.3. The monoisotopic (exact) mass is 357 g/mol. The lowest BCUT2D eigenvalue weighted by molar-refractivity contribution is 0.0937. The first-order valence-electron chi connectivity index (χ1n) is 9.07. The molecule has 0 radical (unpaired) electrons. The van der Waals surface area contributed by atoms with Crippen molar-refractivity contribution in [1.82, 2.24) is 14.8 Å². The molecular formula is C20H24FN3O2. The van der Waals surface area contributed by atoms with Crippen molar-refractivity contribution in [2.75, 3.05) is 19.6 Å². The van der Waals surface area contributed by atoms with E-state index in [1.807, 2.05) is 13.0 Å². The third-order valence-corrected chi connectivity index (χ3v) is 4.90. The van der Waals surface area contributed by atoms with Crippen LogP contribution in [0.4, 0.5) is 4.39 Å². The summed E-state index contributed by atoms with van der Waals surface area (Å²) < 4.78 is 15.8. The van der Waals surface area contributed by atoms with Crippen molar-refractivity contribution in [3.8, 4) is 0 Å². The van der Waals surface area contributed by atoms with Gasteiger partial charge in [0.2, 0.25) is 0 Å². The van der Waals surface area contributed by atoms with Gasteiger partial charge < -0.3 is 9.88 Å². The zero-order valence-corrected chi connectivity index (χ0v) is 15.0. The van der Waals surface area contributed by atoms with E-state index >= 15 is 0 Å². The van der Waals surface area contributed by atoms with Crippen LogP contribution in [0.25, 0.3) is 0 Å². The van der Waals surface area contributed by atoms with Crippen LogP contribution < -0.4 is 10.9 Å².